The normalized spacial score (nSPS) is 20.6. The molecular formula is C18H19NO3. The first-order valence-electron chi connectivity index (χ1n) is 7.39. The van der Waals surface area contributed by atoms with Gasteiger partial charge in [-0.2, -0.15) is 0 Å². The lowest BCUT2D eigenvalue weighted by atomic mass is 9.80. The molecule has 3 rings (SSSR count). The maximum absolute atomic E-state index is 12.4. The van der Waals surface area contributed by atoms with Crippen molar-refractivity contribution in [1.29, 1.82) is 0 Å². The van der Waals surface area contributed by atoms with Crippen molar-refractivity contribution in [2.45, 2.75) is 12.5 Å². The van der Waals surface area contributed by atoms with Crippen LogP contribution in [0.4, 0.5) is 5.69 Å². The fourth-order valence-corrected chi connectivity index (χ4v) is 3.03. The Morgan fingerprint density at radius 2 is 1.77 bits per heavy atom. The van der Waals surface area contributed by atoms with Crippen molar-refractivity contribution >= 4 is 11.6 Å². The Hall–Kier alpha value is -2.33. The SMILES string of the molecule is COc1ccc([C@H]2[C@@H](CCO)C(=O)N2c2ccccc2)cc1. The molecule has 0 radical (unpaired) electrons. The number of ether oxygens (including phenoxy) is 1. The van der Waals surface area contributed by atoms with Crippen molar-refractivity contribution < 1.29 is 14.6 Å². The van der Waals surface area contributed by atoms with Crippen LogP contribution in [0.25, 0.3) is 0 Å². The molecule has 1 fully saturated rings. The summed E-state index contributed by atoms with van der Waals surface area (Å²) in [6.07, 6.45) is 0.485. The second-order valence-electron chi connectivity index (χ2n) is 5.38. The average molecular weight is 297 g/mol. The average Bonchev–Trinajstić information content (AvgIpc) is 2.58. The summed E-state index contributed by atoms with van der Waals surface area (Å²) >= 11 is 0. The number of hydrogen-bond donors (Lipinski definition) is 1. The number of anilines is 1. The maximum atomic E-state index is 12.4. The third kappa shape index (κ3) is 2.46. The van der Waals surface area contributed by atoms with E-state index in [1.54, 1.807) is 7.11 Å². The van der Waals surface area contributed by atoms with Gasteiger partial charge >= 0.3 is 0 Å². The number of carbonyl (C=O) groups excluding carboxylic acids is 1. The van der Waals surface area contributed by atoms with Gasteiger partial charge in [0.1, 0.15) is 5.75 Å². The minimum Gasteiger partial charge on any atom is -0.497 e. The van der Waals surface area contributed by atoms with Crippen LogP contribution in [0.5, 0.6) is 5.75 Å². The van der Waals surface area contributed by atoms with Gasteiger partial charge in [-0.05, 0) is 36.2 Å². The highest BCUT2D eigenvalue weighted by molar-refractivity contribution is 6.03. The van der Waals surface area contributed by atoms with Gasteiger partial charge in [-0.3, -0.25) is 4.79 Å². The summed E-state index contributed by atoms with van der Waals surface area (Å²) in [6.45, 7) is 0.0195. The summed E-state index contributed by atoms with van der Waals surface area (Å²) in [5, 5.41) is 9.23. The van der Waals surface area contributed by atoms with Crippen LogP contribution in [-0.2, 0) is 4.79 Å². The largest absolute Gasteiger partial charge is 0.497 e. The molecule has 4 heteroatoms. The molecule has 1 N–H and O–H groups in total. The van der Waals surface area contributed by atoms with E-state index in [0.29, 0.717) is 6.42 Å². The minimum atomic E-state index is -0.168. The summed E-state index contributed by atoms with van der Waals surface area (Å²) in [4.78, 5) is 14.3. The highest BCUT2D eigenvalue weighted by Gasteiger charge is 2.48. The van der Waals surface area contributed by atoms with E-state index >= 15 is 0 Å². The van der Waals surface area contributed by atoms with E-state index in [-0.39, 0.29) is 24.5 Å². The van der Waals surface area contributed by atoms with E-state index in [9.17, 15) is 9.90 Å². The van der Waals surface area contributed by atoms with Crippen molar-refractivity contribution in [3.63, 3.8) is 0 Å². The molecule has 1 aliphatic rings. The predicted molar refractivity (Wildman–Crippen MR) is 84.9 cm³/mol. The Morgan fingerprint density at radius 3 is 2.36 bits per heavy atom. The summed E-state index contributed by atoms with van der Waals surface area (Å²) in [7, 11) is 1.63. The van der Waals surface area contributed by atoms with Gasteiger partial charge in [0, 0.05) is 12.3 Å². The maximum Gasteiger partial charge on any atom is 0.233 e. The number of hydrogen-bond acceptors (Lipinski definition) is 3. The Morgan fingerprint density at radius 1 is 1.09 bits per heavy atom. The first-order valence-corrected chi connectivity index (χ1v) is 7.39. The van der Waals surface area contributed by atoms with Crippen molar-refractivity contribution in [3.05, 3.63) is 60.2 Å². The van der Waals surface area contributed by atoms with Crippen LogP contribution in [0.3, 0.4) is 0 Å². The van der Waals surface area contributed by atoms with Gasteiger partial charge in [-0.1, -0.05) is 30.3 Å². The summed E-state index contributed by atoms with van der Waals surface area (Å²) in [6, 6.07) is 17.4. The van der Waals surface area contributed by atoms with E-state index in [2.05, 4.69) is 0 Å². The Labute approximate surface area is 130 Å². The zero-order valence-electron chi connectivity index (χ0n) is 12.5. The summed E-state index contributed by atoms with van der Waals surface area (Å²) in [5.41, 5.74) is 1.95. The van der Waals surface area contributed by atoms with Crippen LogP contribution in [-0.4, -0.2) is 24.7 Å². The molecule has 1 saturated heterocycles. The van der Waals surface area contributed by atoms with Gasteiger partial charge in [0.15, 0.2) is 0 Å². The molecule has 0 aromatic heterocycles. The number of β-lactam (4-membered cyclic amide) rings is 1. The van der Waals surface area contributed by atoms with Crippen LogP contribution in [0.1, 0.15) is 18.0 Å². The number of rotatable bonds is 5. The molecule has 0 unspecified atom stereocenters. The molecule has 1 heterocycles. The molecule has 0 aliphatic carbocycles. The van der Waals surface area contributed by atoms with Gasteiger partial charge in [-0.25, -0.2) is 0 Å². The van der Waals surface area contributed by atoms with Crippen molar-refractivity contribution in [2.24, 2.45) is 5.92 Å². The number of nitrogens with zero attached hydrogens (tertiary/aromatic N) is 1. The number of para-hydroxylation sites is 1. The fourth-order valence-electron chi connectivity index (χ4n) is 3.03. The van der Waals surface area contributed by atoms with Gasteiger partial charge < -0.3 is 14.7 Å². The van der Waals surface area contributed by atoms with E-state index in [1.165, 1.54) is 0 Å². The number of amides is 1. The van der Waals surface area contributed by atoms with Gasteiger partial charge in [0.2, 0.25) is 5.91 Å². The fraction of sp³-hybridized carbons (Fsp3) is 0.278. The molecule has 0 saturated carbocycles. The third-order valence-electron chi connectivity index (χ3n) is 4.15. The number of carbonyl (C=O) groups is 1. The Balaban J connectivity index is 1.93. The smallest absolute Gasteiger partial charge is 0.233 e. The quantitative estimate of drug-likeness (QED) is 0.863. The standard InChI is InChI=1S/C18H19NO3/c1-22-15-9-7-13(8-10-15)17-16(11-12-20)18(21)19(17)14-5-3-2-4-6-14/h2-10,16-17,20H,11-12H2,1H3/t16-,17+/m1/s1. The number of methoxy groups -OCH3 is 1. The lowest BCUT2D eigenvalue weighted by Gasteiger charge is -2.47. The summed E-state index contributed by atoms with van der Waals surface area (Å²) in [5.74, 6) is 0.694. The molecule has 2 aromatic carbocycles. The second-order valence-corrected chi connectivity index (χ2v) is 5.38. The molecule has 2 atom stereocenters. The topological polar surface area (TPSA) is 49.8 Å². The lowest BCUT2D eigenvalue weighted by molar-refractivity contribution is -0.131. The molecule has 1 amide bonds. The molecule has 1 aliphatic heterocycles. The third-order valence-corrected chi connectivity index (χ3v) is 4.15. The molecule has 2 aromatic rings. The number of aliphatic hydroxyl groups excluding tert-OH is 1. The van der Waals surface area contributed by atoms with Crippen molar-refractivity contribution in [3.8, 4) is 5.75 Å². The molecular weight excluding hydrogens is 278 g/mol. The molecule has 0 bridgehead atoms. The van der Waals surface area contributed by atoms with E-state index < -0.39 is 0 Å². The second kappa shape index (κ2) is 6.20. The van der Waals surface area contributed by atoms with Crippen LogP contribution >= 0.6 is 0 Å². The lowest BCUT2D eigenvalue weighted by Crippen LogP contribution is -2.55. The van der Waals surface area contributed by atoms with Gasteiger partial charge in [0.25, 0.3) is 0 Å². The number of aliphatic hydroxyl groups is 1. The van der Waals surface area contributed by atoms with Crippen molar-refractivity contribution in [2.75, 3.05) is 18.6 Å². The molecule has 0 spiro atoms. The predicted octanol–water partition coefficient (Wildman–Crippen LogP) is 2.78. The zero-order valence-corrected chi connectivity index (χ0v) is 12.5. The highest BCUT2D eigenvalue weighted by atomic mass is 16.5. The Kier molecular flexibility index (Phi) is 4.11. The molecule has 114 valence electrons. The van der Waals surface area contributed by atoms with E-state index in [0.717, 1.165) is 17.0 Å². The van der Waals surface area contributed by atoms with Crippen molar-refractivity contribution in [1.82, 2.24) is 0 Å². The minimum absolute atomic E-state index is 0.0195. The summed E-state index contributed by atoms with van der Waals surface area (Å²) < 4.78 is 5.19. The zero-order chi connectivity index (χ0) is 15.5. The van der Waals surface area contributed by atoms with E-state index in [1.807, 2.05) is 59.5 Å². The molecule has 22 heavy (non-hydrogen) atoms. The van der Waals surface area contributed by atoms with Crippen LogP contribution in [0.15, 0.2) is 54.6 Å². The Bertz CT molecular complexity index is 639. The number of benzene rings is 2. The van der Waals surface area contributed by atoms with Gasteiger partial charge in [-0.15, -0.1) is 0 Å². The first-order chi connectivity index (χ1) is 10.8. The van der Waals surface area contributed by atoms with Crippen LogP contribution < -0.4 is 9.64 Å². The van der Waals surface area contributed by atoms with Crippen LogP contribution in [0.2, 0.25) is 0 Å². The first kappa shape index (κ1) is 14.6. The van der Waals surface area contributed by atoms with Crippen LogP contribution in [0, 0.1) is 5.92 Å². The molecule has 4 nitrogen and oxygen atoms in total. The highest BCUT2D eigenvalue weighted by Crippen LogP contribution is 2.45. The van der Waals surface area contributed by atoms with Gasteiger partial charge in [0.05, 0.1) is 19.1 Å². The van der Waals surface area contributed by atoms with E-state index in [4.69, 9.17) is 4.74 Å². The monoisotopic (exact) mass is 297 g/mol.